The monoisotopic (exact) mass is 274 g/mol. The Balaban J connectivity index is 2.51. The van der Waals surface area contributed by atoms with Crippen LogP contribution in [0, 0.1) is 0 Å². The van der Waals surface area contributed by atoms with Crippen LogP contribution >= 0.6 is 0 Å². The van der Waals surface area contributed by atoms with Gasteiger partial charge in [-0.05, 0) is 42.1 Å². The molecular weight excluding hydrogens is 252 g/mol. The summed E-state index contributed by atoms with van der Waals surface area (Å²) in [7, 11) is 1.41. The van der Waals surface area contributed by atoms with E-state index in [9.17, 15) is 4.79 Å². The van der Waals surface area contributed by atoms with Gasteiger partial charge in [-0.15, -0.1) is 0 Å². The van der Waals surface area contributed by atoms with Crippen LogP contribution in [0.2, 0.25) is 0 Å². The fourth-order valence-corrected chi connectivity index (χ4v) is 2.44. The van der Waals surface area contributed by atoms with Crippen LogP contribution in [-0.2, 0) is 22.5 Å². The first-order chi connectivity index (χ1) is 9.56. The lowest BCUT2D eigenvalue weighted by Crippen LogP contribution is -2.10. The van der Waals surface area contributed by atoms with E-state index in [1.54, 1.807) is 0 Å². The Morgan fingerprint density at radius 1 is 1.40 bits per heavy atom. The average molecular weight is 274 g/mol. The van der Waals surface area contributed by atoms with E-state index in [0.29, 0.717) is 12.5 Å². The summed E-state index contributed by atoms with van der Waals surface area (Å²) in [5.41, 5.74) is 9.23. The van der Waals surface area contributed by atoms with Gasteiger partial charge in [-0.3, -0.25) is 4.79 Å². The van der Waals surface area contributed by atoms with Crippen molar-refractivity contribution in [2.24, 2.45) is 5.73 Å². The van der Waals surface area contributed by atoms with Crippen molar-refractivity contribution >= 4 is 16.9 Å². The number of hydrogen-bond donors (Lipinski definition) is 1. The fraction of sp³-hybridized carbons (Fsp3) is 0.438. The summed E-state index contributed by atoms with van der Waals surface area (Å²) in [5, 5.41) is 1.19. The third-order valence-electron chi connectivity index (χ3n) is 3.60. The smallest absolute Gasteiger partial charge is 0.325 e. The van der Waals surface area contributed by atoms with Crippen LogP contribution in [0.1, 0.15) is 30.9 Å². The zero-order valence-electron chi connectivity index (χ0n) is 12.3. The third kappa shape index (κ3) is 2.85. The van der Waals surface area contributed by atoms with E-state index in [-0.39, 0.29) is 12.5 Å². The van der Waals surface area contributed by atoms with Crippen molar-refractivity contribution in [2.75, 3.05) is 13.7 Å². The second-order valence-electron chi connectivity index (χ2n) is 5.33. The molecule has 0 aliphatic carbocycles. The molecule has 0 atom stereocenters. The van der Waals surface area contributed by atoms with Gasteiger partial charge in [0.2, 0.25) is 0 Å². The van der Waals surface area contributed by atoms with Gasteiger partial charge in [0.15, 0.2) is 0 Å². The molecule has 2 N–H and O–H groups in total. The number of esters is 1. The molecule has 0 amide bonds. The quantitative estimate of drug-likeness (QED) is 0.852. The number of fused-ring (bicyclic) bond motifs is 1. The number of benzene rings is 1. The van der Waals surface area contributed by atoms with Gasteiger partial charge in [0.1, 0.15) is 6.54 Å². The Labute approximate surface area is 119 Å². The maximum absolute atomic E-state index is 11.5. The molecule has 0 aliphatic rings. The summed E-state index contributed by atoms with van der Waals surface area (Å²) in [6.07, 6.45) is 2.82. The Kier molecular flexibility index (Phi) is 4.45. The highest BCUT2D eigenvalue weighted by Gasteiger charge is 2.12. The molecule has 2 aromatic rings. The van der Waals surface area contributed by atoms with Crippen molar-refractivity contribution in [2.45, 2.75) is 32.7 Å². The van der Waals surface area contributed by atoms with Crippen LogP contribution in [0.25, 0.3) is 10.9 Å². The van der Waals surface area contributed by atoms with Crippen LogP contribution in [0.15, 0.2) is 24.4 Å². The molecule has 0 radical (unpaired) electrons. The van der Waals surface area contributed by atoms with Gasteiger partial charge in [-0.25, -0.2) is 0 Å². The molecule has 0 fully saturated rings. The first-order valence-electron chi connectivity index (χ1n) is 6.95. The van der Waals surface area contributed by atoms with Crippen molar-refractivity contribution in [1.82, 2.24) is 4.57 Å². The van der Waals surface area contributed by atoms with E-state index in [0.717, 1.165) is 11.9 Å². The minimum Gasteiger partial charge on any atom is -0.468 e. The van der Waals surface area contributed by atoms with Crippen molar-refractivity contribution < 1.29 is 9.53 Å². The Morgan fingerprint density at radius 2 is 2.15 bits per heavy atom. The molecule has 1 aromatic carbocycles. The number of nitrogens with two attached hydrogens (primary N) is 1. The van der Waals surface area contributed by atoms with Crippen LogP contribution in [-0.4, -0.2) is 24.2 Å². The lowest BCUT2D eigenvalue weighted by Gasteiger charge is -2.07. The number of carbonyl (C=O) groups excluding carboxylic acids is 1. The Bertz CT molecular complexity index is 614. The predicted octanol–water partition coefficient (Wildman–Crippen LogP) is 2.44. The van der Waals surface area contributed by atoms with E-state index in [1.165, 1.54) is 23.6 Å². The van der Waals surface area contributed by atoms with E-state index in [4.69, 9.17) is 10.5 Å². The minimum absolute atomic E-state index is 0.235. The second-order valence-corrected chi connectivity index (χ2v) is 5.33. The number of ether oxygens (including phenoxy) is 1. The lowest BCUT2D eigenvalue weighted by atomic mass is 10.00. The highest BCUT2D eigenvalue weighted by molar-refractivity contribution is 5.86. The normalized spacial score (nSPS) is 11.2. The molecule has 0 spiro atoms. The summed E-state index contributed by atoms with van der Waals surface area (Å²) in [4.78, 5) is 11.5. The highest BCUT2D eigenvalue weighted by Crippen LogP contribution is 2.26. The maximum atomic E-state index is 11.5. The van der Waals surface area contributed by atoms with E-state index in [2.05, 4.69) is 32.0 Å². The van der Waals surface area contributed by atoms with Gasteiger partial charge >= 0.3 is 5.97 Å². The maximum Gasteiger partial charge on any atom is 0.325 e. The standard InChI is InChI=1S/C16H22N2O2/c1-11(2)12-4-5-15-14(8-12)13(6-7-17)9-18(15)10-16(19)20-3/h4-5,8-9,11H,6-7,10,17H2,1-3H3. The van der Waals surface area contributed by atoms with Crippen molar-refractivity contribution in [3.63, 3.8) is 0 Å². The van der Waals surface area contributed by atoms with Gasteiger partial charge in [0.25, 0.3) is 0 Å². The molecule has 4 heteroatoms. The number of nitrogens with zero attached hydrogens (tertiary/aromatic N) is 1. The fourth-order valence-electron chi connectivity index (χ4n) is 2.44. The zero-order chi connectivity index (χ0) is 14.7. The Morgan fingerprint density at radius 3 is 2.75 bits per heavy atom. The molecule has 1 heterocycles. The topological polar surface area (TPSA) is 57.2 Å². The number of hydrogen-bond acceptors (Lipinski definition) is 3. The summed E-state index contributed by atoms with van der Waals surface area (Å²) in [6, 6.07) is 6.40. The first kappa shape index (κ1) is 14.6. The van der Waals surface area contributed by atoms with Crippen molar-refractivity contribution in [3.05, 3.63) is 35.5 Å². The largest absolute Gasteiger partial charge is 0.468 e. The molecule has 0 saturated carbocycles. The van der Waals surface area contributed by atoms with Crippen molar-refractivity contribution in [1.29, 1.82) is 0 Å². The average Bonchev–Trinajstić information content (AvgIpc) is 2.76. The summed E-state index contributed by atoms with van der Waals surface area (Å²) < 4.78 is 6.69. The molecule has 1 aromatic heterocycles. The number of rotatable bonds is 5. The van der Waals surface area contributed by atoms with Gasteiger partial charge in [-0.1, -0.05) is 19.9 Å². The van der Waals surface area contributed by atoms with Gasteiger partial charge in [0.05, 0.1) is 7.11 Å². The van der Waals surface area contributed by atoms with Crippen LogP contribution in [0.3, 0.4) is 0 Å². The van der Waals surface area contributed by atoms with Gasteiger partial charge < -0.3 is 15.0 Å². The van der Waals surface area contributed by atoms with Gasteiger partial charge in [0, 0.05) is 17.1 Å². The van der Waals surface area contributed by atoms with E-state index >= 15 is 0 Å². The lowest BCUT2D eigenvalue weighted by molar-refractivity contribution is -0.141. The third-order valence-corrected chi connectivity index (χ3v) is 3.60. The van der Waals surface area contributed by atoms with Crippen molar-refractivity contribution in [3.8, 4) is 0 Å². The zero-order valence-corrected chi connectivity index (χ0v) is 12.3. The molecule has 0 saturated heterocycles. The molecule has 20 heavy (non-hydrogen) atoms. The highest BCUT2D eigenvalue weighted by atomic mass is 16.5. The SMILES string of the molecule is COC(=O)Cn1cc(CCN)c2cc(C(C)C)ccc21. The first-order valence-corrected chi connectivity index (χ1v) is 6.95. The minimum atomic E-state index is -0.242. The molecule has 0 unspecified atom stereocenters. The molecule has 0 aliphatic heterocycles. The van der Waals surface area contributed by atoms with Gasteiger partial charge in [-0.2, -0.15) is 0 Å². The van der Waals surface area contributed by atoms with E-state index < -0.39 is 0 Å². The molecule has 4 nitrogen and oxygen atoms in total. The molecule has 2 rings (SSSR count). The number of aromatic nitrogens is 1. The van der Waals surface area contributed by atoms with E-state index in [1.807, 2.05) is 10.8 Å². The predicted molar refractivity (Wildman–Crippen MR) is 80.8 cm³/mol. The van der Waals surface area contributed by atoms with Crippen LogP contribution < -0.4 is 5.73 Å². The Hall–Kier alpha value is -1.81. The summed E-state index contributed by atoms with van der Waals surface area (Å²) >= 11 is 0. The second kappa shape index (κ2) is 6.09. The molecule has 0 bridgehead atoms. The number of carbonyl (C=O) groups is 1. The number of methoxy groups -OCH3 is 1. The molecular formula is C16H22N2O2. The summed E-state index contributed by atoms with van der Waals surface area (Å²) in [6.45, 7) is 5.19. The van der Waals surface area contributed by atoms with Crippen LogP contribution in [0.5, 0.6) is 0 Å². The molecule has 108 valence electrons. The summed E-state index contributed by atoms with van der Waals surface area (Å²) in [5.74, 6) is 0.239. The van der Waals surface area contributed by atoms with Crippen LogP contribution in [0.4, 0.5) is 0 Å².